The SMILES string of the molecule is COc1nc(C)c(-c2ccc3nc(N)sc3c2)cc1C(=O)NCc1cccnc1OC1CCCC1.COc1nc(C)c(-c2ccc3nc(N)sc3c2)cc1C(=O)O.N#Cc1cccnc1F.N#Cc1cccnc1OC1CCCC1.NCc1cccnc1OC1CCCC1.OC1CCCC1. The molecule has 0 spiro atoms. The molecular formula is C74H81FN14O9S2. The molecule has 0 radical (unpaired) electrons. The number of methoxy groups -OCH3 is 2. The molecule has 23 nitrogen and oxygen atoms in total. The van der Waals surface area contributed by atoms with Crippen molar-refractivity contribution >= 4 is 65.2 Å². The third-order valence-corrected chi connectivity index (χ3v) is 18.5. The maximum absolute atomic E-state index is 13.2. The second kappa shape index (κ2) is 36.9. The second-order valence-electron chi connectivity index (χ2n) is 23.9. The Labute approximate surface area is 587 Å². The molecule has 4 fully saturated rings. The highest BCUT2D eigenvalue weighted by atomic mass is 32.1. The number of aromatic nitrogens is 8. The molecule has 10 aromatic rings. The van der Waals surface area contributed by atoms with Crippen molar-refractivity contribution in [2.75, 3.05) is 25.7 Å². The van der Waals surface area contributed by atoms with Crippen molar-refractivity contribution in [3.8, 4) is 63.8 Å². The van der Waals surface area contributed by atoms with E-state index in [-0.39, 0.29) is 53.7 Å². The Balaban J connectivity index is 0.000000153. The molecular weight excluding hydrogens is 1310 g/mol. The smallest absolute Gasteiger partial charge is 0.341 e. The number of nitrogens with zero attached hydrogens (tertiary/aromatic N) is 10. The Kier molecular flexibility index (Phi) is 27.2. The van der Waals surface area contributed by atoms with Crippen molar-refractivity contribution in [3.63, 3.8) is 0 Å². The van der Waals surface area contributed by atoms with E-state index in [1.54, 1.807) is 42.9 Å². The first kappa shape index (κ1) is 73.7. The average molecular weight is 1390 g/mol. The molecule has 0 atom stereocenters. The van der Waals surface area contributed by atoms with Gasteiger partial charge < -0.3 is 56.4 Å². The Bertz CT molecular complexity index is 4460. The van der Waals surface area contributed by atoms with Gasteiger partial charge in [0.2, 0.25) is 35.3 Å². The number of aryl methyl sites for hydroxylation is 2. The zero-order valence-corrected chi connectivity index (χ0v) is 57.9. The Morgan fingerprint density at radius 1 is 0.560 bits per heavy atom. The third kappa shape index (κ3) is 20.5. The minimum Gasteiger partial charge on any atom is -0.480 e. The number of carboxylic acid groups (broad SMARTS) is 1. The number of carboxylic acids is 1. The molecule has 1 amide bonds. The van der Waals surface area contributed by atoms with Gasteiger partial charge in [0.25, 0.3) is 5.91 Å². The number of benzene rings is 2. The van der Waals surface area contributed by atoms with Crippen LogP contribution in [0.4, 0.5) is 14.7 Å². The number of nitrogens with two attached hydrogens (primary N) is 3. The number of pyridine rings is 6. The van der Waals surface area contributed by atoms with Crippen molar-refractivity contribution in [2.24, 2.45) is 5.73 Å². The first-order valence-electron chi connectivity index (χ1n) is 33.1. The van der Waals surface area contributed by atoms with Gasteiger partial charge in [0.15, 0.2) is 10.3 Å². The Hall–Kier alpha value is -10.5. The number of nitrogen functional groups attached to an aromatic ring is 2. The summed E-state index contributed by atoms with van der Waals surface area (Å²) < 4.78 is 42.2. The van der Waals surface area contributed by atoms with E-state index in [2.05, 4.69) is 51.3 Å². The zero-order valence-electron chi connectivity index (χ0n) is 56.2. The van der Waals surface area contributed by atoms with Gasteiger partial charge in [-0.15, -0.1) is 0 Å². The number of fused-ring (bicyclic) bond motifs is 2. The number of carbonyl (C=O) groups is 2. The quantitative estimate of drug-likeness (QED) is 0.0519. The van der Waals surface area contributed by atoms with Gasteiger partial charge in [0, 0.05) is 71.5 Å². The molecule has 4 saturated carbocycles. The number of anilines is 2. The molecule has 0 bridgehead atoms. The normalized spacial score (nSPS) is 14.2. The number of hydrogen-bond donors (Lipinski definition) is 6. The fraction of sp³-hybridized carbons (Fsp3) is 0.351. The van der Waals surface area contributed by atoms with Crippen LogP contribution in [0.15, 0.2) is 122 Å². The molecule has 14 rings (SSSR count). The number of aromatic carboxylic acids is 1. The number of aliphatic hydroxyl groups excluding tert-OH is 1. The molecule has 0 unspecified atom stereocenters. The van der Waals surface area contributed by atoms with Gasteiger partial charge in [-0.25, -0.2) is 44.7 Å². The highest BCUT2D eigenvalue weighted by Gasteiger charge is 2.24. The first-order chi connectivity index (χ1) is 48.5. The van der Waals surface area contributed by atoms with E-state index in [4.69, 9.17) is 56.5 Å². The Morgan fingerprint density at radius 3 is 1.42 bits per heavy atom. The van der Waals surface area contributed by atoms with Crippen molar-refractivity contribution in [1.82, 2.24) is 45.2 Å². The van der Waals surface area contributed by atoms with E-state index in [1.807, 2.05) is 80.6 Å². The minimum absolute atomic E-state index is 0.0162. The maximum atomic E-state index is 13.2. The van der Waals surface area contributed by atoms with E-state index in [0.717, 1.165) is 117 Å². The number of thiazole rings is 2. The van der Waals surface area contributed by atoms with Gasteiger partial charge in [-0.2, -0.15) is 14.9 Å². The highest BCUT2D eigenvalue weighted by molar-refractivity contribution is 7.22. The largest absolute Gasteiger partial charge is 0.480 e. The van der Waals surface area contributed by atoms with E-state index < -0.39 is 11.9 Å². The predicted octanol–water partition coefficient (Wildman–Crippen LogP) is 14.0. The van der Waals surface area contributed by atoms with Crippen LogP contribution in [-0.4, -0.2) is 101 Å². The monoisotopic (exact) mass is 1390 g/mol. The molecule has 8 heterocycles. The molecule has 0 saturated heterocycles. The summed E-state index contributed by atoms with van der Waals surface area (Å²) in [5.41, 5.74) is 26.4. The number of hydrogen-bond acceptors (Lipinski definition) is 23. The second-order valence-corrected chi connectivity index (χ2v) is 26.0. The number of carbonyl (C=O) groups excluding carboxylic acids is 1. The van der Waals surface area contributed by atoms with E-state index in [9.17, 15) is 19.1 Å². The number of halogens is 1. The lowest BCUT2D eigenvalue weighted by Gasteiger charge is -2.16. The predicted molar refractivity (Wildman–Crippen MR) is 383 cm³/mol. The van der Waals surface area contributed by atoms with Crippen LogP contribution in [0.1, 0.15) is 157 Å². The summed E-state index contributed by atoms with van der Waals surface area (Å²) in [6.07, 6.45) is 25.7. The summed E-state index contributed by atoms with van der Waals surface area (Å²) in [7, 11) is 2.92. The number of amides is 1. The van der Waals surface area contributed by atoms with E-state index in [1.165, 1.54) is 107 Å². The third-order valence-electron chi connectivity index (χ3n) is 16.8. The van der Waals surface area contributed by atoms with E-state index in [0.29, 0.717) is 51.5 Å². The standard InChI is InChI=1S/C26H27N5O3S.C15H13N3O3S.C11H16N2O.C11H12N2O.C6H3FN2.C5H10O/c1-15-19(16-9-10-21-22(12-16)35-26(27)31-21)13-20(25(30-15)33-2)23(32)29-14-17-6-5-11-28-24(17)34-18-7-3-4-8-18;1-7-9(6-10(14(19)20)13(17-7)21-2)8-3-4-11-12(5-8)22-15(16)18-11;2*12-8-9-4-3-7-13-11(9)14-10-5-1-2-6-10;7-6-5(4-8)2-1-3-9-6;6-5-3-1-2-4-5/h5-6,9-13,18H,3-4,7-8,14H2,1-2H3,(H2,27,31)(H,29,32);3-6H,1-2H3,(H2,16,18)(H,19,20);3-4,7,10H,1-2,5-6,8,12H2;3-4,7,10H,1-2,5-6H2;1-3H;5-6H,1-4H2. The van der Waals surface area contributed by atoms with Crippen LogP contribution in [0.5, 0.6) is 29.4 Å². The van der Waals surface area contributed by atoms with Crippen molar-refractivity contribution in [2.45, 2.75) is 154 Å². The van der Waals surface area contributed by atoms with Gasteiger partial charge in [-0.3, -0.25) is 4.79 Å². The summed E-state index contributed by atoms with van der Waals surface area (Å²) in [5, 5.41) is 39.0. The van der Waals surface area contributed by atoms with Gasteiger partial charge in [-0.05, 0) is 188 Å². The van der Waals surface area contributed by atoms with Gasteiger partial charge in [-0.1, -0.05) is 59.8 Å². The van der Waals surface area contributed by atoms with Crippen LogP contribution in [0.2, 0.25) is 0 Å². The minimum atomic E-state index is -1.08. The maximum Gasteiger partial charge on any atom is 0.341 e. The number of nitriles is 2. The molecule has 4 aliphatic rings. The highest BCUT2D eigenvalue weighted by Crippen LogP contribution is 2.36. The number of nitrogens with one attached hydrogen (secondary N) is 1. The molecule has 9 N–H and O–H groups in total. The molecule has 2 aromatic carbocycles. The van der Waals surface area contributed by atoms with Crippen LogP contribution < -0.4 is 46.2 Å². The molecule has 100 heavy (non-hydrogen) atoms. The van der Waals surface area contributed by atoms with Gasteiger partial charge in [0.05, 0.1) is 40.8 Å². The first-order valence-corrected chi connectivity index (χ1v) is 34.8. The van der Waals surface area contributed by atoms with Crippen LogP contribution >= 0.6 is 22.7 Å². The summed E-state index contributed by atoms with van der Waals surface area (Å²) in [5.74, 6) is 0.107. The van der Waals surface area contributed by atoms with Gasteiger partial charge >= 0.3 is 5.97 Å². The summed E-state index contributed by atoms with van der Waals surface area (Å²) in [6.45, 7) is 4.49. The van der Waals surface area contributed by atoms with Crippen LogP contribution in [-0.2, 0) is 13.1 Å². The van der Waals surface area contributed by atoms with Crippen molar-refractivity contribution in [3.05, 3.63) is 173 Å². The summed E-state index contributed by atoms with van der Waals surface area (Å²) in [4.78, 5) is 57.8. The van der Waals surface area contributed by atoms with Crippen molar-refractivity contribution in [1.29, 1.82) is 10.5 Å². The van der Waals surface area contributed by atoms with Crippen LogP contribution in [0.25, 0.3) is 42.7 Å². The lowest BCUT2D eigenvalue weighted by molar-refractivity contribution is 0.0692. The summed E-state index contributed by atoms with van der Waals surface area (Å²) >= 11 is 2.82. The molecule has 8 aromatic heterocycles. The lowest BCUT2D eigenvalue weighted by atomic mass is 10.0. The van der Waals surface area contributed by atoms with Gasteiger partial charge in [0.1, 0.15) is 52.7 Å². The molecule has 520 valence electrons. The Morgan fingerprint density at radius 2 is 0.980 bits per heavy atom. The van der Waals surface area contributed by atoms with Crippen molar-refractivity contribution < 1.29 is 47.9 Å². The fourth-order valence-electron chi connectivity index (χ4n) is 11.7. The van der Waals surface area contributed by atoms with Crippen LogP contribution in [0, 0.1) is 42.5 Å². The number of rotatable bonds is 15. The summed E-state index contributed by atoms with van der Waals surface area (Å²) in [6, 6.07) is 32.7. The zero-order chi connectivity index (χ0) is 70.9. The van der Waals surface area contributed by atoms with Crippen LogP contribution in [0.3, 0.4) is 0 Å². The number of ether oxygens (including phenoxy) is 5. The average Bonchev–Trinajstić information content (AvgIpc) is 1.61. The number of aliphatic hydroxyl groups is 1. The van der Waals surface area contributed by atoms with E-state index >= 15 is 0 Å². The lowest BCUT2D eigenvalue weighted by Crippen LogP contribution is -2.25. The molecule has 4 aliphatic carbocycles. The molecule has 0 aliphatic heterocycles. The fourth-order valence-corrected chi connectivity index (χ4v) is 13.2. The molecule has 26 heteroatoms. The topological polar surface area (TPSA) is 362 Å².